The van der Waals surface area contributed by atoms with E-state index in [0.717, 1.165) is 5.52 Å². The predicted octanol–water partition coefficient (Wildman–Crippen LogP) is 1.95. The van der Waals surface area contributed by atoms with Crippen LogP contribution in [0.1, 0.15) is 32.1 Å². The van der Waals surface area contributed by atoms with E-state index in [1.54, 1.807) is 23.4 Å². The van der Waals surface area contributed by atoms with Gasteiger partial charge in [0.05, 0.1) is 18.3 Å². The topological polar surface area (TPSA) is 112 Å². The van der Waals surface area contributed by atoms with Crippen LogP contribution < -0.4 is 10.2 Å². The van der Waals surface area contributed by atoms with E-state index in [0.29, 0.717) is 35.5 Å². The number of nitrogens with one attached hydrogen (secondary N) is 1. The summed E-state index contributed by atoms with van der Waals surface area (Å²) in [7, 11) is 0. The average molecular weight is 425 g/mol. The van der Waals surface area contributed by atoms with Crippen molar-refractivity contribution in [2.24, 2.45) is 0 Å². The third-order valence-electron chi connectivity index (χ3n) is 5.35. The van der Waals surface area contributed by atoms with Crippen LogP contribution in [-0.4, -0.2) is 59.6 Å². The number of hydrogen-bond acceptors (Lipinski definition) is 8. The number of fused-ring (bicyclic) bond motifs is 1. The summed E-state index contributed by atoms with van der Waals surface area (Å²) < 4.78 is 16.7. The van der Waals surface area contributed by atoms with Crippen molar-refractivity contribution >= 4 is 28.6 Å². The van der Waals surface area contributed by atoms with Crippen molar-refractivity contribution < 1.29 is 14.6 Å². The van der Waals surface area contributed by atoms with Gasteiger partial charge in [0.25, 0.3) is 0 Å². The number of halogens is 1. The maximum absolute atomic E-state index is 14.7. The number of pyridine rings is 1. The molecule has 4 rings (SSSR count). The minimum Gasteiger partial charge on any atom is -0.389 e. The molecule has 4 heterocycles. The summed E-state index contributed by atoms with van der Waals surface area (Å²) in [6, 6.07) is 3.63. The van der Waals surface area contributed by atoms with E-state index in [1.807, 2.05) is 24.5 Å². The number of aliphatic hydroxyl groups is 2. The summed E-state index contributed by atoms with van der Waals surface area (Å²) in [6.07, 6.45) is 7.47. The fourth-order valence-electron chi connectivity index (χ4n) is 3.79. The molecule has 3 aromatic heterocycles. The third kappa shape index (κ3) is 3.89. The Morgan fingerprint density at radius 1 is 1.35 bits per heavy atom. The predicted molar refractivity (Wildman–Crippen MR) is 115 cm³/mol. The monoisotopic (exact) mass is 425 g/mol. The maximum atomic E-state index is 14.7. The molecule has 1 saturated heterocycles. The molecule has 162 valence electrons. The number of nitrogens with zero attached hydrogens (tertiary/aromatic N) is 6. The highest BCUT2D eigenvalue weighted by Crippen LogP contribution is 2.28. The number of alkyl halides is 1. The number of imidazole rings is 1. The second-order valence-electron chi connectivity index (χ2n) is 7.81. The van der Waals surface area contributed by atoms with Crippen molar-refractivity contribution in [3.8, 4) is 12.3 Å². The zero-order valence-corrected chi connectivity index (χ0v) is 17.3. The van der Waals surface area contributed by atoms with Crippen molar-refractivity contribution in [3.05, 3.63) is 30.4 Å². The molecule has 1 aliphatic rings. The zero-order valence-electron chi connectivity index (χ0n) is 17.3. The van der Waals surface area contributed by atoms with Gasteiger partial charge in [0.15, 0.2) is 0 Å². The Labute approximate surface area is 179 Å². The van der Waals surface area contributed by atoms with Crippen molar-refractivity contribution in [2.45, 2.75) is 44.7 Å². The molecular weight excluding hydrogens is 401 g/mol. The first-order valence-corrected chi connectivity index (χ1v) is 10.0. The van der Waals surface area contributed by atoms with E-state index in [9.17, 15) is 14.6 Å². The normalized spacial score (nSPS) is 21.5. The Morgan fingerprint density at radius 3 is 2.87 bits per heavy atom. The molecule has 10 heteroatoms. The van der Waals surface area contributed by atoms with Gasteiger partial charge in [-0.2, -0.15) is 4.98 Å². The highest BCUT2D eigenvalue weighted by atomic mass is 19.1. The van der Waals surface area contributed by atoms with Crippen LogP contribution >= 0.6 is 0 Å². The number of anilines is 3. The van der Waals surface area contributed by atoms with Crippen molar-refractivity contribution in [1.82, 2.24) is 24.5 Å². The number of piperidine rings is 1. The molecule has 0 saturated carbocycles. The maximum Gasteiger partial charge on any atom is 0.227 e. The van der Waals surface area contributed by atoms with Crippen LogP contribution in [0.3, 0.4) is 0 Å². The van der Waals surface area contributed by atoms with Crippen LogP contribution in [0, 0.1) is 12.3 Å². The van der Waals surface area contributed by atoms with E-state index in [-0.39, 0.29) is 25.6 Å². The summed E-state index contributed by atoms with van der Waals surface area (Å²) in [4.78, 5) is 19.1. The van der Waals surface area contributed by atoms with E-state index in [1.165, 1.54) is 0 Å². The number of aliphatic hydroxyl groups excluding tert-OH is 2. The van der Waals surface area contributed by atoms with Gasteiger partial charge in [-0.1, -0.05) is 5.92 Å². The molecule has 0 aliphatic carbocycles. The number of hydrogen-bond donors (Lipinski definition) is 3. The molecule has 0 amide bonds. The Balaban J connectivity index is 1.60. The minimum absolute atomic E-state index is 0.111. The first-order chi connectivity index (χ1) is 14.8. The quantitative estimate of drug-likeness (QED) is 0.532. The molecule has 2 unspecified atom stereocenters. The van der Waals surface area contributed by atoms with Gasteiger partial charge in [-0.15, -0.1) is 6.42 Å². The van der Waals surface area contributed by atoms with Crippen LogP contribution in [0.4, 0.5) is 22.0 Å². The van der Waals surface area contributed by atoms with Crippen LogP contribution in [0.15, 0.2) is 24.5 Å². The van der Waals surface area contributed by atoms with Gasteiger partial charge in [0, 0.05) is 24.8 Å². The highest BCUT2D eigenvalue weighted by Gasteiger charge is 2.42. The van der Waals surface area contributed by atoms with E-state index < -0.39 is 11.8 Å². The minimum atomic E-state index is -2.14. The second-order valence-corrected chi connectivity index (χ2v) is 7.81. The standard InChI is InChI=1S/C21H24FN7O2/c1-4-21(22)12-28(8-6-16(21)31)20-23-7-5-17(27-20)26-18-9-15-14(10-24-18)25-19(11-30)29(15)13(2)3/h1,5,7,9-10,13,16,30-31H,6,8,11-12H2,2-3H3,(H,23,24,26,27). The number of terminal acetylenes is 1. The third-order valence-corrected chi connectivity index (χ3v) is 5.35. The summed E-state index contributed by atoms with van der Waals surface area (Å²) >= 11 is 0. The van der Waals surface area contributed by atoms with Gasteiger partial charge in [-0.25, -0.2) is 19.3 Å². The highest BCUT2D eigenvalue weighted by molar-refractivity contribution is 5.79. The summed E-state index contributed by atoms with van der Waals surface area (Å²) in [5.41, 5.74) is -0.615. The lowest BCUT2D eigenvalue weighted by molar-refractivity contribution is 0.0177. The van der Waals surface area contributed by atoms with Crippen molar-refractivity contribution in [3.63, 3.8) is 0 Å². The summed E-state index contributed by atoms with van der Waals surface area (Å²) in [5.74, 6) is 3.96. The molecule has 0 radical (unpaired) electrons. The van der Waals surface area contributed by atoms with Crippen LogP contribution in [-0.2, 0) is 6.61 Å². The van der Waals surface area contributed by atoms with Crippen LogP contribution in [0.2, 0.25) is 0 Å². The summed E-state index contributed by atoms with van der Waals surface area (Å²) in [6.45, 7) is 4.07. The lowest BCUT2D eigenvalue weighted by Gasteiger charge is -2.37. The van der Waals surface area contributed by atoms with Gasteiger partial charge in [-0.05, 0) is 26.3 Å². The fraction of sp³-hybridized carbons (Fsp3) is 0.429. The van der Waals surface area contributed by atoms with Gasteiger partial charge in [0.1, 0.15) is 35.7 Å². The molecule has 1 aliphatic heterocycles. The lowest BCUT2D eigenvalue weighted by atomic mass is 9.92. The van der Waals surface area contributed by atoms with E-state index in [2.05, 4.69) is 31.2 Å². The smallest absolute Gasteiger partial charge is 0.227 e. The molecule has 2 atom stereocenters. The van der Waals surface area contributed by atoms with Crippen molar-refractivity contribution in [2.75, 3.05) is 23.3 Å². The van der Waals surface area contributed by atoms with Crippen LogP contribution in [0.5, 0.6) is 0 Å². The molecule has 0 spiro atoms. The van der Waals surface area contributed by atoms with E-state index >= 15 is 0 Å². The second kappa shape index (κ2) is 8.09. The Hall–Kier alpha value is -3.29. The molecular formula is C21H24FN7O2. The molecule has 31 heavy (non-hydrogen) atoms. The molecule has 3 N–H and O–H groups in total. The zero-order chi connectivity index (χ0) is 22.2. The summed E-state index contributed by atoms with van der Waals surface area (Å²) in [5, 5.41) is 22.6. The van der Waals surface area contributed by atoms with Crippen molar-refractivity contribution in [1.29, 1.82) is 0 Å². The molecule has 0 bridgehead atoms. The number of aromatic nitrogens is 5. The Kier molecular flexibility index (Phi) is 5.47. The molecule has 1 fully saturated rings. The largest absolute Gasteiger partial charge is 0.389 e. The number of rotatable bonds is 5. The van der Waals surface area contributed by atoms with Gasteiger partial charge in [-0.3, -0.25) is 0 Å². The molecule has 0 aromatic carbocycles. The fourth-order valence-corrected chi connectivity index (χ4v) is 3.79. The lowest BCUT2D eigenvalue weighted by Crippen LogP contribution is -2.54. The van der Waals surface area contributed by atoms with Crippen LogP contribution in [0.25, 0.3) is 11.0 Å². The first kappa shape index (κ1) is 21.0. The Morgan fingerprint density at radius 2 is 2.16 bits per heavy atom. The molecule has 9 nitrogen and oxygen atoms in total. The average Bonchev–Trinajstić information content (AvgIpc) is 3.14. The van der Waals surface area contributed by atoms with Gasteiger partial charge >= 0.3 is 0 Å². The Bertz CT molecular complexity index is 1140. The SMILES string of the molecule is C#CC1(F)CN(c2nccc(Nc3cc4c(cn3)nc(CO)n4C(C)C)n2)CCC1O. The first-order valence-electron chi connectivity index (χ1n) is 10.0. The molecule has 3 aromatic rings. The van der Waals surface area contributed by atoms with E-state index in [4.69, 9.17) is 6.42 Å². The van der Waals surface area contributed by atoms with Gasteiger partial charge < -0.3 is 25.0 Å². The van der Waals surface area contributed by atoms with Gasteiger partial charge in [0.2, 0.25) is 11.6 Å².